The Morgan fingerprint density at radius 1 is 1.07 bits per heavy atom. The topological polar surface area (TPSA) is 82.1 Å². The smallest absolute Gasteiger partial charge is 0.305 e. The lowest BCUT2D eigenvalue weighted by Gasteiger charge is -2.38. The van der Waals surface area contributed by atoms with Gasteiger partial charge in [-0.1, -0.05) is 40.0 Å². The number of esters is 2. The summed E-state index contributed by atoms with van der Waals surface area (Å²) in [5.74, 6) is -0.360. The van der Waals surface area contributed by atoms with Crippen molar-refractivity contribution in [2.45, 2.75) is 103 Å². The van der Waals surface area contributed by atoms with Crippen LogP contribution in [0.25, 0.3) is 0 Å². The van der Waals surface area contributed by atoms with Crippen LogP contribution in [0.15, 0.2) is 0 Å². The monoisotopic (exact) mass is 430 g/mol. The Labute approximate surface area is 177 Å². The van der Waals surface area contributed by atoms with Crippen LogP contribution in [0.3, 0.4) is 0 Å². The van der Waals surface area contributed by atoms with E-state index in [4.69, 9.17) is 9.16 Å². The molecule has 1 saturated carbocycles. The SMILES string of the molecule is COC(=O)CCCCCC[C@@H]1[C@@H](CO[Si](C)(C)C(C)(C)C)[C@H](O)C[C@@H]1OC(C)=O. The van der Waals surface area contributed by atoms with Crippen molar-refractivity contribution in [1.29, 1.82) is 0 Å². The Bertz CT molecular complexity index is 528. The molecule has 1 fully saturated rings. The second-order valence-electron chi connectivity index (χ2n) is 9.88. The highest BCUT2D eigenvalue weighted by Crippen LogP contribution is 2.41. The largest absolute Gasteiger partial charge is 0.469 e. The van der Waals surface area contributed by atoms with E-state index in [1.54, 1.807) is 0 Å². The fourth-order valence-corrected chi connectivity index (χ4v) is 4.80. The third kappa shape index (κ3) is 8.38. The zero-order valence-electron chi connectivity index (χ0n) is 19.5. The maximum Gasteiger partial charge on any atom is 0.305 e. The van der Waals surface area contributed by atoms with Crippen molar-refractivity contribution in [2.75, 3.05) is 13.7 Å². The van der Waals surface area contributed by atoms with E-state index in [2.05, 4.69) is 38.6 Å². The summed E-state index contributed by atoms with van der Waals surface area (Å²) in [4.78, 5) is 22.7. The third-order valence-corrected chi connectivity index (χ3v) is 11.2. The minimum Gasteiger partial charge on any atom is -0.469 e. The van der Waals surface area contributed by atoms with E-state index >= 15 is 0 Å². The van der Waals surface area contributed by atoms with Gasteiger partial charge in [-0.15, -0.1) is 0 Å². The highest BCUT2D eigenvalue weighted by molar-refractivity contribution is 6.74. The van der Waals surface area contributed by atoms with Crippen molar-refractivity contribution >= 4 is 20.3 Å². The number of unbranched alkanes of at least 4 members (excludes halogenated alkanes) is 3. The molecule has 0 aliphatic heterocycles. The number of hydrogen-bond donors (Lipinski definition) is 1. The predicted molar refractivity (Wildman–Crippen MR) is 116 cm³/mol. The summed E-state index contributed by atoms with van der Waals surface area (Å²) in [6.07, 6.45) is 4.85. The molecule has 1 aliphatic rings. The van der Waals surface area contributed by atoms with Crippen molar-refractivity contribution in [2.24, 2.45) is 11.8 Å². The molecule has 0 aromatic rings. The van der Waals surface area contributed by atoms with Gasteiger partial charge in [-0.2, -0.15) is 0 Å². The van der Waals surface area contributed by atoms with Gasteiger partial charge in [0, 0.05) is 38.2 Å². The lowest BCUT2D eigenvalue weighted by atomic mass is 9.89. The van der Waals surface area contributed by atoms with Gasteiger partial charge in [0.05, 0.1) is 13.2 Å². The Kier molecular flexibility index (Phi) is 10.3. The molecule has 0 spiro atoms. The van der Waals surface area contributed by atoms with Crippen molar-refractivity contribution in [3.05, 3.63) is 0 Å². The van der Waals surface area contributed by atoms with Gasteiger partial charge in [-0.25, -0.2) is 0 Å². The molecule has 0 bridgehead atoms. The molecule has 0 amide bonds. The maximum absolute atomic E-state index is 11.5. The summed E-state index contributed by atoms with van der Waals surface area (Å²) >= 11 is 0. The molecule has 0 unspecified atom stereocenters. The van der Waals surface area contributed by atoms with Crippen LogP contribution in [0.1, 0.15) is 72.6 Å². The minimum atomic E-state index is -1.91. The van der Waals surface area contributed by atoms with Crippen LogP contribution in [0.5, 0.6) is 0 Å². The van der Waals surface area contributed by atoms with E-state index in [-0.39, 0.29) is 34.9 Å². The average Bonchev–Trinajstić information content (AvgIpc) is 2.88. The van der Waals surface area contributed by atoms with Gasteiger partial charge in [-0.3, -0.25) is 9.59 Å². The first-order valence-corrected chi connectivity index (χ1v) is 13.9. The molecular weight excluding hydrogens is 388 g/mol. The third-order valence-electron chi connectivity index (χ3n) is 6.65. The fourth-order valence-electron chi connectivity index (χ4n) is 3.76. The van der Waals surface area contributed by atoms with Crippen LogP contribution in [0, 0.1) is 11.8 Å². The molecule has 0 heterocycles. The van der Waals surface area contributed by atoms with Crippen LogP contribution < -0.4 is 0 Å². The van der Waals surface area contributed by atoms with E-state index in [0.717, 1.165) is 32.1 Å². The number of methoxy groups -OCH3 is 1. The summed E-state index contributed by atoms with van der Waals surface area (Å²) in [5, 5.41) is 10.8. The second-order valence-corrected chi connectivity index (χ2v) is 14.7. The normalized spacial score (nSPS) is 25.1. The van der Waals surface area contributed by atoms with Crippen molar-refractivity contribution in [3.8, 4) is 0 Å². The number of ether oxygens (including phenoxy) is 2. The van der Waals surface area contributed by atoms with Gasteiger partial charge in [-0.05, 0) is 31.0 Å². The quantitative estimate of drug-likeness (QED) is 0.296. The highest BCUT2D eigenvalue weighted by atomic mass is 28.4. The number of aliphatic hydroxyl groups is 1. The predicted octanol–water partition coefficient (Wildman–Crippen LogP) is 4.45. The molecule has 1 rings (SSSR count). The number of carbonyl (C=O) groups is 2. The molecule has 29 heavy (non-hydrogen) atoms. The first kappa shape index (κ1) is 26.1. The van der Waals surface area contributed by atoms with E-state index in [9.17, 15) is 14.7 Å². The molecule has 1 N–H and O–H groups in total. The first-order valence-electron chi connectivity index (χ1n) is 10.9. The molecule has 4 atom stereocenters. The minimum absolute atomic E-state index is 0.0106. The standard InChI is InChI=1S/C22H42O6Si/c1-16(23)28-20-14-19(24)18(15-27-29(6,7)22(2,3)4)17(20)12-10-8-9-11-13-21(25)26-5/h17-20,24H,8-15H2,1-7H3/t17-,18-,19-,20+/m1/s1. The number of aliphatic hydroxyl groups excluding tert-OH is 1. The van der Waals surface area contributed by atoms with Crippen molar-refractivity contribution < 1.29 is 28.6 Å². The fraction of sp³-hybridized carbons (Fsp3) is 0.909. The Hall–Kier alpha value is -0.923. The van der Waals surface area contributed by atoms with Gasteiger partial charge in [0.1, 0.15) is 6.10 Å². The molecule has 7 heteroatoms. The number of carbonyl (C=O) groups excluding carboxylic acids is 2. The molecular formula is C22H42O6Si. The van der Waals surface area contributed by atoms with Gasteiger partial charge in [0.25, 0.3) is 0 Å². The lowest BCUT2D eigenvalue weighted by Crippen LogP contribution is -2.43. The lowest BCUT2D eigenvalue weighted by molar-refractivity contribution is -0.148. The van der Waals surface area contributed by atoms with Gasteiger partial charge in [0.15, 0.2) is 8.32 Å². The van der Waals surface area contributed by atoms with Gasteiger partial charge < -0.3 is 19.0 Å². The molecule has 0 saturated heterocycles. The summed E-state index contributed by atoms with van der Waals surface area (Å²) in [6, 6.07) is 0. The Morgan fingerprint density at radius 3 is 2.24 bits per heavy atom. The van der Waals surface area contributed by atoms with Gasteiger partial charge >= 0.3 is 11.9 Å². The van der Waals surface area contributed by atoms with E-state index in [0.29, 0.717) is 19.4 Å². The molecule has 1 aliphatic carbocycles. The maximum atomic E-state index is 11.5. The Balaban J connectivity index is 2.64. The zero-order valence-corrected chi connectivity index (χ0v) is 20.5. The van der Waals surface area contributed by atoms with E-state index in [1.807, 2.05) is 0 Å². The van der Waals surface area contributed by atoms with Crippen molar-refractivity contribution in [1.82, 2.24) is 0 Å². The van der Waals surface area contributed by atoms with Crippen LogP contribution in [-0.4, -0.2) is 51.3 Å². The molecule has 0 radical (unpaired) electrons. The number of rotatable bonds is 11. The van der Waals surface area contributed by atoms with Crippen molar-refractivity contribution in [3.63, 3.8) is 0 Å². The first-order chi connectivity index (χ1) is 13.4. The molecule has 0 aromatic heterocycles. The van der Waals surface area contributed by atoms with Crippen LogP contribution in [0.4, 0.5) is 0 Å². The molecule has 6 nitrogen and oxygen atoms in total. The van der Waals surface area contributed by atoms with E-state index in [1.165, 1.54) is 14.0 Å². The van der Waals surface area contributed by atoms with Crippen LogP contribution in [0.2, 0.25) is 18.1 Å². The summed E-state index contributed by atoms with van der Waals surface area (Å²) in [7, 11) is -0.500. The van der Waals surface area contributed by atoms with Gasteiger partial charge in [0.2, 0.25) is 0 Å². The van der Waals surface area contributed by atoms with Crippen LogP contribution >= 0.6 is 0 Å². The van der Waals surface area contributed by atoms with E-state index < -0.39 is 14.4 Å². The second kappa shape index (κ2) is 11.5. The highest BCUT2D eigenvalue weighted by Gasteiger charge is 2.46. The summed E-state index contributed by atoms with van der Waals surface area (Å²) < 4.78 is 16.6. The Morgan fingerprint density at radius 2 is 1.69 bits per heavy atom. The van der Waals surface area contributed by atoms with Crippen LogP contribution in [-0.2, 0) is 23.5 Å². The summed E-state index contributed by atoms with van der Waals surface area (Å²) in [6.45, 7) is 13.0. The average molecular weight is 431 g/mol. The number of hydrogen-bond acceptors (Lipinski definition) is 6. The molecule has 170 valence electrons. The summed E-state index contributed by atoms with van der Waals surface area (Å²) in [5.41, 5.74) is 0. The molecule has 0 aromatic carbocycles. The zero-order chi connectivity index (χ0) is 22.2.